The van der Waals surface area contributed by atoms with Crippen LogP contribution in [0.4, 0.5) is 0 Å². The largest absolute Gasteiger partial charge is 0.472 e. The number of hydrogen-bond acceptors (Lipinski definition) is 8. The van der Waals surface area contributed by atoms with E-state index in [0.717, 1.165) is 22.8 Å². The SMILES string of the molecule is CC[C@@H]1C[C@]1(CC(=O)[C@@H]1C[C@@H](Oc2nccc3cc(C)ccc23)CN1C(=O)[C@@H](CC(=O)OC(C)(C)C)C(C)(C)C)C(=O)OC. The van der Waals surface area contributed by atoms with Gasteiger partial charge in [0.15, 0.2) is 5.78 Å². The smallest absolute Gasteiger partial charge is 0.312 e. The van der Waals surface area contributed by atoms with E-state index in [9.17, 15) is 19.2 Å². The lowest BCUT2D eigenvalue weighted by molar-refractivity contribution is -0.161. The van der Waals surface area contributed by atoms with Crippen molar-refractivity contribution >= 4 is 34.4 Å². The average Bonchev–Trinajstić information content (AvgIpc) is 3.48. The quantitative estimate of drug-likeness (QED) is 0.310. The molecule has 1 aromatic carbocycles. The fourth-order valence-electron chi connectivity index (χ4n) is 6.55. The number of methoxy groups -OCH3 is 1. The molecule has 2 aromatic rings. The number of ketones is 1. The first kappa shape index (κ1) is 33.4. The minimum atomic E-state index is -0.858. The third-order valence-corrected chi connectivity index (χ3v) is 9.02. The number of Topliss-reactive ketones (excluding diaryl/α,β-unsaturated/α-hetero) is 1. The molecule has 0 radical (unpaired) electrons. The Morgan fingerprint density at radius 1 is 1.09 bits per heavy atom. The van der Waals surface area contributed by atoms with Gasteiger partial charge in [0.1, 0.15) is 11.7 Å². The van der Waals surface area contributed by atoms with Gasteiger partial charge in [-0.1, -0.05) is 51.8 Å². The van der Waals surface area contributed by atoms with E-state index >= 15 is 0 Å². The number of aryl methyl sites for hydroxylation is 1. The van der Waals surface area contributed by atoms with Crippen molar-refractivity contribution in [3.05, 3.63) is 36.0 Å². The normalized spacial score (nSPS) is 24.1. The van der Waals surface area contributed by atoms with Crippen LogP contribution in [0.25, 0.3) is 10.8 Å². The van der Waals surface area contributed by atoms with Crippen LogP contribution >= 0.6 is 0 Å². The molecule has 9 nitrogen and oxygen atoms in total. The summed E-state index contributed by atoms with van der Waals surface area (Å²) in [5.74, 6) is -1.58. The Morgan fingerprint density at radius 2 is 1.80 bits per heavy atom. The van der Waals surface area contributed by atoms with Crippen LogP contribution in [0.5, 0.6) is 5.88 Å². The molecular formula is C35H48N2O7. The molecule has 0 N–H and O–H groups in total. The molecule has 2 fully saturated rings. The zero-order valence-electron chi connectivity index (χ0n) is 27.7. The van der Waals surface area contributed by atoms with Crippen molar-refractivity contribution in [1.29, 1.82) is 0 Å². The summed E-state index contributed by atoms with van der Waals surface area (Å²) in [6.07, 6.45) is 2.66. The summed E-state index contributed by atoms with van der Waals surface area (Å²) in [6.45, 7) is 15.3. The summed E-state index contributed by atoms with van der Waals surface area (Å²) in [4.78, 5) is 60.2. The lowest BCUT2D eigenvalue weighted by atomic mass is 9.77. The summed E-state index contributed by atoms with van der Waals surface area (Å²) in [5, 5.41) is 1.83. The first-order valence-electron chi connectivity index (χ1n) is 15.6. The molecule has 1 aliphatic heterocycles. The van der Waals surface area contributed by atoms with Gasteiger partial charge in [0, 0.05) is 24.4 Å². The van der Waals surface area contributed by atoms with Crippen LogP contribution < -0.4 is 4.74 Å². The van der Waals surface area contributed by atoms with E-state index in [0.29, 0.717) is 12.3 Å². The van der Waals surface area contributed by atoms with Gasteiger partial charge in [0.2, 0.25) is 11.8 Å². The van der Waals surface area contributed by atoms with Gasteiger partial charge in [-0.05, 0) is 63.0 Å². The minimum Gasteiger partial charge on any atom is -0.472 e. The van der Waals surface area contributed by atoms with Gasteiger partial charge in [0.05, 0.1) is 37.5 Å². The number of esters is 2. The number of rotatable bonds is 10. The van der Waals surface area contributed by atoms with Crippen LogP contribution in [0.1, 0.15) is 86.1 Å². The molecule has 5 atom stereocenters. The predicted molar refractivity (Wildman–Crippen MR) is 167 cm³/mol. The Bertz CT molecular complexity index is 1420. The second kappa shape index (κ2) is 12.5. The monoisotopic (exact) mass is 608 g/mol. The van der Waals surface area contributed by atoms with Crippen LogP contribution in [0.2, 0.25) is 0 Å². The fourth-order valence-corrected chi connectivity index (χ4v) is 6.55. The average molecular weight is 609 g/mol. The fraction of sp³-hybridized carbons (Fsp3) is 0.629. The third-order valence-electron chi connectivity index (χ3n) is 9.02. The van der Waals surface area contributed by atoms with Crippen molar-refractivity contribution < 1.29 is 33.4 Å². The number of carbonyl (C=O) groups is 4. The number of ether oxygens (including phenoxy) is 3. The van der Waals surface area contributed by atoms with Crippen LogP contribution in [0.15, 0.2) is 30.5 Å². The summed E-state index contributed by atoms with van der Waals surface area (Å²) in [5.41, 5.74) is -1.03. The van der Waals surface area contributed by atoms with E-state index in [1.54, 1.807) is 31.9 Å². The molecule has 2 heterocycles. The standard InChI is InChI=1S/C35H48N2O7/c1-10-23-18-35(23,32(41)42-9)19-28(38)27-16-24(43-30-25-12-11-21(2)15-22(25)13-14-36-30)20-37(27)31(40)26(33(3,4)5)17-29(39)44-34(6,7)8/h11-15,23-24,26-27H,10,16-20H2,1-9H3/t23-,24-,26-,27+,35-/m1/s1. The summed E-state index contributed by atoms with van der Waals surface area (Å²) >= 11 is 0. The molecule has 2 aliphatic rings. The second-order valence-corrected chi connectivity index (χ2v) is 14.6. The number of benzene rings is 1. The Kier molecular flexibility index (Phi) is 9.48. The van der Waals surface area contributed by atoms with Gasteiger partial charge < -0.3 is 19.1 Å². The molecular weight excluding hydrogens is 560 g/mol. The highest BCUT2D eigenvalue weighted by atomic mass is 16.6. The zero-order chi connectivity index (χ0) is 32.6. The van der Waals surface area contributed by atoms with Crippen molar-refractivity contribution in [3.63, 3.8) is 0 Å². The van der Waals surface area contributed by atoms with Gasteiger partial charge in [-0.25, -0.2) is 4.98 Å². The number of likely N-dealkylation sites (tertiary alicyclic amines) is 1. The molecule has 4 rings (SSSR count). The Hall–Kier alpha value is -3.49. The number of nitrogens with zero attached hydrogens (tertiary/aromatic N) is 2. The molecule has 1 saturated carbocycles. The van der Waals surface area contributed by atoms with Crippen molar-refractivity contribution in [1.82, 2.24) is 9.88 Å². The van der Waals surface area contributed by atoms with Crippen molar-refractivity contribution in [2.45, 2.75) is 105 Å². The summed E-state index contributed by atoms with van der Waals surface area (Å²) in [6, 6.07) is 7.11. The van der Waals surface area contributed by atoms with Gasteiger partial charge in [-0.15, -0.1) is 0 Å². The highest BCUT2D eigenvalue weighted by Gasteiger charge is 2.61. The number of hydrogen-bond donors (Lipinski definition) is 0. The molecule has 0 spiro atoms. The Balaban J connectivity index is 1.65. The topological polar surface area (TPSA) is 112 Å². The second-order valence-electron chi connectivity index (χ2n) is 14.6. The Labute approximate surface area is 261 Å². The maximum absolute atomic E-state index is 14.4. The van der Waals surface area contributed by atoms with Gasteiger partial charge in [0.25, 0.3) is 0 Å². The zero-order valence-corrected chi connectivity index (χ0v) is 27.7. The van der Waals surface area contributed by atoms with E-state index in [-0.39, 0.29) is 49.4 Å². The lowest BCUT2D eigenvalue weighted by Gasteiger charge is -2.35. The van der Waals surface area contributed by atoms with Crippen LogP contribution in [-0.4, -0.2) is 64.9 Å². The Morgan fingerprint density at radius 3 is 2.39 bits per heavy atom. The first-order valence-corrected chi connectivity index (χ1v) is 15.6. The molecule has 9 heteroatoms. The van der Waals surface area contributed by atoms with Crippen molar-refractivity contribution in [2.75, 3.05) is 13.7 Å². The van der Waals surface area contributed by atoms with Gasteiger partial charge in [-0.3, -0.25) is 19.2 Å². The van der Waals surface area contributed by atoms with E-state index < -0.39 is 40.5 Å². The molecule has 44 heavy (non-hydrogen) atoms. The molecule has 240 valence electrons. The number of carbonyl (C=O) groups excluding carboxylic acids is 4. The van der Waals surface area contributed by atoms with E-state index in [1.165, 1.54) is 7.11 Å². The van der Waals surface area contributed by atoms with E-state index in [1.807, 2.05) is 52.8 Å². The van der Waals surface area contributed by atoms with Crippen LogP contribution in [-0.2, 0) is 28.7 Å². The lowest BCUT2D eigenvalue weighted by Crippen LogP contribution is -2.48. The number of aromatic nitrogens is 1. The molecule has 0 bridgehead atoms. The molecule has 1 saturated heterocycles. The van der Waals surface area contributed by atoms with E-state index in [2.05, 4.69) is 11.1 Å². The number of fused-ring (bicyclic) bond motifs is 1. The summed E-state index contributed by atoms with van der Waals surface area (Å²) < 4.78 is 17.1. The summed E-state index contributed by atoms with van der Waals surface area (Å²) in [7, 11) is 1.35. The molecule has 0 unspecified atom stereocenters. The molecule has 1 amide bonds. The third kappa shape index (κ3) is 7.24. The molecule has 1 aromatic heterocycles. The highest BCUT2D eigenvalue weighted by Crippen LogP contribution is 2.58. The number of pyridine rings is 1. The predicted octanol–water partition coefficient (Wildman–Crippen LogP) is 5.83. The minimum absolute atomic E-state index is 0.00259. The van der Waals surface area contributed by atoms with Crippen LogP contribution in [0, 0.1) is 29.6 Å². The molecule has 1 aliphatic carbocycles. The van der Waals surface area contributed by atoms with E-state index in [4.69, 9.17) is 14.2 Å². The maximum Gasteiger partial charge on any atom is 0.312 e. The van der Waals surface area contributed by atoms with Crippen molar-refractivity contribution in [3.8, 4) is 5.88 Å². The highest BCUT2D eigenvalue weighted by molar-refractivity contribution is 5.96. The first-order chi connectivity index (χ1) is 20.5. The van der Waals surface area contributed by atoms with Gasteiger partial charge >= 0.3 is 11.9 Å². The number of amides is 1. The van der Waals surface area contributed by atoms with Crippen LogP contribution in [0.3, 0.4) is 0 Å². The van der Waals surface area contributed by atoms with Crippen molar-refractivity contribution in [2.24, 2.45) is 22.7 Å². The van der Waals surface area contributed by atoms with Gasteiger partial charge in [-0.2, -0.15) is 0 Å². The maximum atomic E-state index is 14.4.